The molecule has 6 nitrogen and oxygen atoms in total. The molecule has 0 saturated heterocycles. The molecule has 0 aromatic heterocycles. The molecule has 1 amide bonds. The molecule has 0 unspecified atom stereocenters. The molecule has 0 radical (unpaired) electrons. The van der Waals surface area contributed by atoms with Crippen LogP contribution < -0.4 is 5.32 Å². The summed E-state index contributed by atoms with van der Waals surface area (Å²) in [5, 5.41) is 13.1. The van der Waals surface area contributed by atoms with Crippen molar-refractivity contribution in [2.75, 3.05) is 5.32 Å². The number of benzene rings is 1. The van der Waals surface area contributed by atoms with Crippen LogP contribution in [-0.4, -0.2) is 16.6 Å². The standard InChI is InChI=1S/C9H5BrN2O4/c1-3-2-4(12(15)16)6(10)5-7(3)11-9(14)8(5)13/h2H,1H3,(H,11,13,14). The van der Waals surface area contributed by atoms with Crippen molar-refractivity contribution in [3.8, 4) is 0 Å². The first-order valence-corrected chi connectivity index (χ1v) is 5.06. The van der Waals surface area contributed by atoms with Crippen LogP contribution in [0.15, 0.2) is 10.5 Å². The first kappa shape index (κ1) is 10.7. The van der Waals surface area contributed by atoms with E-state index in [2.05, 4.69) is 21.2 Å². The van der Waals surface area contributed by atoms with Crippen LogP contribution in [0.1, 0.15) is 15.9 Å². The lowest BCUT2D eigenvalue weighted by atomic mass is 10.1. The molecule has 0 fully saturated rings. The molecule has 1 N–H and O–H groups in total. The Hall–Kier alpha value is -1.76. The molecule has 7 heteroatoms. The molecule has 0 spiro atoms. The summed E-state index contributed by atoms with van der Waals surface area (Å²) in [5.74, 6) is -1.52. The SMILES string of the molecule is Cc1cc([N+](=O)[O-])c(Br)c2c1NC(=O)C2=O. The van der Waals surface area contributed by atoms with Gasteiger partial charge >= 0.3 is 0 Å². The molecule has 82 valence electrons. The van der Waals surface area contributed by atoms with Crippen LogP contribution >= 0.6 is 15.9 Å². The summed E-state index contributed by atoms with van der Waals surface area (Å²) in [7, 11) is 0. The molecular weight excluding hydrogens is 280 g/mol. The fourth-order valence-corrected chi connectivity index (χ4v) is 2.20. The highest BCUT2D eigenvalue weighted by atomic mass is 79.9. The highest BCUT2D eigenvalue weighted by Crippen LogP contribution is 2.39. The predicted molar refractivity (Wildman–Crippen MR) is 58.5 cm³/mol. The van der Waals surface area contributed by atoms with Crippen LogP contribution in [0.5, 0.6) is 0 Å². The number of fused-ring (bicyclic) bond motifs is 1. The molecule has 1 aromatic rings. The third-order valence-electron chi connectivity index (χ3n) is 2.31. The number of amides is 1. The fraction of sp³-hybridized carbons (Fsp3) is 0.111. The Morgan fingerprint density at radius 2 is 2.06 bits per heavy atom. The number of Topliss-reactive ketones (excluding diaryl/α,β-unsaturated/α-hetero) is 1. The number of hydrogen-bond donors (Lipinski definition) is 1. The van der Waals surface area contributed by atoms with E-state index in [-0.39, 0.29) is 15.7 Å². The van der Waals surface area contributed by atoms with Crippen LogP contribution in [-0.2, 0) is 4.79 Å². The van der Waals surface area contributed by atoms with Gasteiger partial charge in [-0.15, -0.1) is 0 Å². The number of anilines is 1. The Kier molecular flexibility index (Phi) is 2.27. The molecule has 2 rings (SSSR count). The second-order valence-electron chi connectivity index (χ2n) is 3.32. The highest BCUT2D eigenvalue weighted by Gasteiger charge is 2.35. The average Bonchev–Trinajstić information content (AvgIpc) is 2.50. The van der Waals surface area contributed by atoms with E-state index in [1.54, 1.807) is 6.92 Å². The minimum atomic E-state index is -0.765. The van der Waals surface area contributed by atoms with Gasteiger partial charge in [-0.3, -0.25) is 19.7 Å². The topological polar surface area (TPSA) is 89.3 Å². The maximum atomic E-state index is 11.5. The van der Waals surface area contributed by atoms with Crippen LogP contribution in [0.3, 0.4) is 0 Å². The van der Waals surface area contributed by atoms with Gasteiger partial charge in [0.25, 0.3) is 17.4 Å². The van der Waals surface area contributed by atoms with Crippen LogP contribution in [0.4, 0.5) is 11.4 Å². The zero-order chi connectivity index (χ0) is 12.0. The molecule has 0 atom stereocenters. The summed E-state index contributed by atoms with van der Waals surface area (Å²) in [6, 6.07) is 1.31. The Morgan fingerprint density at radius 3 is 2.62 bits per heavy atom. The van der Waals surface area contributed by atoms with Crippen LogP contribution in [0, 0.1) is 17.0 Å². The van der Waals surface area contributed by atoms with E-state index in [0.29, 0.717) is 11.3 Å². The summed E-state index contributed by atoms with van der Waals surface area (Å²) >= 11 is 2.98. The maximum Gasteiger partial charge on any atom is 0.296 e. The van der Waals surface area contributed by atoms with Crippen molar-refractivity contribution in [1.29, 1.82) is 0 Å². The third-order valence-corrected chi connectivity index (χ3v) is 3.11. The van der Waals surface area contributed by atoms with Crippen molar-refractivity contribution in [2.24, 2.45) is 0 Å². The van der Waals surface area contributed by atoms with Crippen molar-refractivity contribution in [1.82, 2.24) is 0 Å². The van der Waals surface area contributed by atoms with E-state index in [9.17, 15) is 19.7 Å². The average molecular weight is 285 g/mol. The number of carbonyl (C=O) groups is 2. The number of rotatable bonds is 1. The number of hydrogen-bond acceptors (Lipinski definition) is 4. The van der Waals surface area contributed by atoms with Crippen LogP contribution in [0.25, 0.3) is 0 Å². The first-order chi connectivity index (χ1) is 7.43. The second kappa shape index (κ2) is 3.38. The Bertz CT molecular complexity index is 553. The van der Waals surface area contributed by atoms with Gasteiger partial charge in [0.2, 0.25) is 0 Å². The van der Waals surface area contributed by atoms with E-state index in [0.717, 1.165) is 0 Å². The molecule has 0 aliphatic carbocycles. The number of nitro benzene ring substituents is 1. The largest absolute Gasteiger partial charge is 0.318 e. The van der Waals surface area contributed by atoms with Gasteiger partial charge in [-0.1, -0.05) is 0 Å². The van der Waals surface area contributed by atoms with Gasteiger partial charge < -0.3 is 5.32 Å². The molecule has 0 saturated carbocycles. The maximum absolute atomic E-state index is 11.5. The van der Waals surface area contributed by atoms with Gasteiger partial charge in [-0.25, -0.2) is 0 Å². The van der Waals surface area contributed by atoms with Gasteiger partial charge in [-0.05, 0) is 28.4 Å². The van der Waals surface area contributed by atoms with E-state index >= 15 is 0 Å². The smallest absolute Gasteiger partial charge is 0.296 e. The number of ketones is 1. The van der Waals surface area contributed by atoms with Gasteiger partial charge in [0.1, 0.15) is 4.47 Å². The van der Waals surface area contributed by atoms with E-state index in [1.165, 1.54) is 6.07 Å². The van der Waals surface area contributed by atoms with Crippen molar-refractivity contribution >= 4 is 39.0 Å². The summed E-state index contributed by atoms with van der Waals surface area (Å²) in [6.07, 6.45) is 0. The Balaban J connectivity index is 2.79. The zero-order valence-electron chi connectivity index (χ0n) is 8.04. The number of carbonyl (C=O) groups excluding carboxylic acids is 2. The summed E-state index contributed by atoms with van der Waals surface area (Å²) in [6.45, 7) is 1.59. The summed E-state index contributed by atoms with van der Waals surface area (Å²) in [5.41, 5.74) is 0.648. The lowest BCUT2D eigenvalue weighted by Crippen LogP contribution is -2.12. The van der Waals surface area contributed by atoms with E-state index in [4.69, 9.17) is 0 Å². The fourth-order valence-electron chi connectivity index (χ4n) is 1.57. The highest BCUT2D eigenvalue weighted by molar-refractivity contribution is 9.10. The number of nitrogens with one attached hydrogen (secondary N) is 1. The normalized spacial score (nSPS) is 13.6. The van der Waals surface area contributed by atoms with Crippen molar-refractivity contribution in [3.63, 3.8) is 0 Å². The lowest BCUT2D eigenvalue weighted by molar-refractivity contribution is -0.385. The minimum absolute atomic E-state index is 0.0386. The molecular formula is C9H5BrN2O4. The number of aryl methyl sites for hydroxylation is 1. The van der Waals surface area contributed by atoms with Gasteiger partial charge in [-0.2, -0.15) is 0 Å². The van der Waals surface area contributed by atoms with Crippen molar-refractivity contribution in [3.05, 3.63) is 31.8 Å². The Labute approximate surface area is 97.9 Å². The quantitative estimate of drug-likeness (QED) is 0.484. The minimum Gasteiger partial charge on any atom is -0.318 e. The van der Waals surface area contributed by atoms with Crippen molar-refractivity contribution in [2.45, 2.75) is 6.92 Å². The summed E-state index contributed by atoms with van der Waals surface area (Å²) < 4.78 is 0.0430. The third kappa shape index (κ3) is 1.32. The van der Waals surface area contributed by atoms with Crippen LogP contribution in [0.2, 0.25) is 0 Å². The molecule has 0 bridgehead atoms. The second-order valence-corrected chi connectivity index (χ2v) is 4.11. The Morgan fingerprint density at radius 1 is 1.44 bits per heavy atom. The molecule has 1 aliphatic rings. The van der Waals surface area contributed by atoms with E-state index < -0.39 is 16.6 Å². The zero-order valence-corrected chi connectivity index (χ0v) is 9.62. The van der Waals surface area contributed by atoms with Crippen molar-refractivity contribution < 1.29 is 14.5 Å². The molecule has 16 heavy (non-hydrogen) atoms. The molecule has 1 aliphatic heterocycles. The monoisotopic (exact) mass is 284 g/mol. The predicted octanol–water partition coefficient (Wildman–Crippen LogP) is 1.80. The van der Waals surface area contributed by atoms with E-state index in [1.807, 2.05) is 0 Å². The number of nitro groups is 1. The number of halogens is 1. The lowest BCUT2D eigenvalue weighted by Gasteiger charge is -2.04. The summed E-state index contributed by atoms with van der Waals surface area (Å²) in [4.78, 5) is 32.8. The van der Waals surface area contributed by atoms with Gasteiger partial charge in [0.15, 0.2) is 0 Å². The molecule has 1 heterocycles. The number of nitrogens with zero attached hydrogens (tertiary/aromatic N) is 1. The first-order valence-electron chi connectivity index (χ1n) is 4.26. The molecule has 1 aromatic carbocycles. The van der Waals surface area contributed by atoms with Gasteiger partial charge in [0, 0.05) is 6.07 Å². The van der Waals surface area contributed by atoms with Gasteiger partial charge in [0.05, 0.1) is 16.2 Å².